The molecule has 20 heavy (non-hydrogen) atoms. The summed E-state index contributed by atoms with van der Waals surface area (Å²) in [4.78, 5) is 11.9. The molecule has 0 aliphatic carbocycles. The third-order valence-corrected chi connectivity index (χ3v) is 2.83. The van der Waals surface area contributed by atoms with Gasteiger partial charge in [0.05, 0.1) is 18.8 Å². The van der Waals surface area contributed by atoms with Gasteiger partial charge in [0.1, 0.15) is 6.04 Å². The molecule has 0 heterocycles. The molecule has 0 radical (unpaired) electrons. The highest BCUT2D eigenvalue weighted by molar-refractivity contribution is 5.76. The summed E-state index contributed by atoms with van der Waals surface area (Å²) in [6.07, 6.45) is -0.272. The molecule has 0 saturated carbocycles. The van der Waals surface area contributed by atoms with Gasteiger partial charge in [0.2, 0.25) is 0 Å². The zero-order valence-electron chi connectivity index (χ0n) is 13.0. The Bertz CT molecular complexity index is 411. The van der Waals surface area contributed by atoms with Gasteiger partial charge >= 0.3 is 5.97 Å². The predicted molar refractivity (Wildman–Crippen MR) is 79.4 cm³/mol. The van der Waals surface area contributed by atoms with Gasteiger partial charge in [-0.25, -0.2) is 0 Å². The fourth-order valence-corrected chi connectivity index (χ4v) is 2.02. The Hall–Kier alpha value is -1.39. The van der Waals surface area contributed by atoms with E-state index in [0.717, 1.165) is 5.56 Å². The number of benzene rings is 1. The summed E-state index contributed by atoms with van der Waals surface area (Å²) >= 11 is 0. The maximum atomic E-state index is 11.9. The molecule has 0 aliphatic rings. The van der Waals surface area contributed by atoms with Crippen LogP contribution in [0.5, 0.6) is 0 Å². The number of ether oxygens (including phenoxy) is 2. The van der Waals surface area contributed by atoms with E-state index in [-0.39, 0.29) is 17.7 Å². The Morgan fingerprint density at radius 3 is 2.35 bits per heavy atom. The Kier molecular flexibility index (Phi) is 6.17. The van der Waals surface area contributed by atoms with Crippen molar-refractivity contribution in [2.45, 2.75) is 52.0 Å². The van der Waals surface area contributed by atoms with Crippen molar-refractivity contribution in [3.05, 3.63) is 35.9 Å². The molecule has 4 nitrogen and oxygen atoms in total. The second kappa shape index (κ2) is 7.41. The van der Waals surface area contributed by atoms with Crippen molar-refractivity contribution in [1.82, 2.24) is 5.32 Å². The van der Waals surface area contributed by atoms with Crippen molar-refractivity contribution in [3.8, 4) is 0 Å². The Morgan fingerprint density at radius 2 is 1.85 bits per heavy atom. The molecule has 0 spiro atoms. The lowest BCUT2D eigenvalue weighted by Gasteiger charge is -2.30. The van der Waals surface area contributed by atoms with Gasteiger partial charge in [-0.15, -0.1) is 0 Å². The first kappa shape index (κ1) is 16.7. The summed E-state index contributed by atoms with van der Waals surface area (Å²) in [7, 11) is 1.39. The van der Waals surface area contributed by atoms with Gasteiger partial charge in [-0.3, -0.25) is 10.1 Å². The molecule has 1 aromatic rings. The van der Waals surface area contributed by atoms with Crippen molar-refractivity contribution in [2.75, 3.05) is 7.11 Å². The average molecular weight is 279 g/mol. The van der Waals surface area contributed by atoms with Crippen LogP contribution in [0.25, 0.3) is 0 Å². The standard InChI is InChI=1S/C16H25NO3/c1-12(20-16(2,3)4)14(15(18)19-5)17-11-13-9-7-6-8-10-13/h6-10,12,14,17H,11H2,1-5H3/t12-,14+/m1/s1. The summed E-state index contributed by atoms with van der Waals surface area (Å²) in [5.74, 6) is -0.308. The lowest BCUT2D eigenvalue weighted by molar-refractivity contribution is -0.151. The summed E-state index contributed by atoms with van der Waals surface area (Å²) in [6, 6.07) is 9.44. The van der Waals surface area contributed by atoms with Crippen molar-refractivity contribution in [3.63, 3.8) is 0 Å². The highest BCUT2D eigenvalue weighted by Gasteiger charge is 2.29. The van der Waals surface area contributed by atoms with Crippen molar-refractivity contribution >= 4 is 5.97 Å². The molecule has 112 valence electrons. The average Bonchev–Trinajstić information content (AvgIpc) is 2.37. The van der Waals surface area contributed by atoms with Crippen molar-refractivity contribution in [2.24, 2.45) is 0 Å². The summed E-state index contributed by atoms with van der Waals surface area (Å²) in [5.41, 5.74) is 0.810. The van der Waals surface area contributed by atoms with Crippen LogP contribution in [0.15, 0.2) is 30.3 Å². The Labute approximate surface area is 121 Å². The van der Waals surface area contributed by atoms with E-state index in [9.17, 15) is 4.79 Å². The molecule has 0 aliphatic heterocycles. The SMILES string of the molecule is COC(=O)[C@@H](NCc1ccccc1)[C@@H](C)OC(C)(C)C. The lowest BCUT2D eigenvalue weighted by atomic mass is 10.1. The molecule has 0 unspecified atom stereocenters. The van der Waals surface area contributed by atoms with Gasteiger partial charge in [0, 0.05) is 6.54 Å². The molecule has 0 bridgehead atoms. The predicted octanol–water partition coefficient (Wildman–Crippen LogP) is 2.52. The lowest BCUT2D eigenvalue weighted by Crippen LogP contribution is -2.48. The molecule has 0 amide bonds. The smallest absolute Gasteiger partial charge is 0.325 e. The number of carbonyl (C=O) groups is 1. The second-order valence-electron chi connectivity index (χ2n) is 5.80. The maximum Gasteiger partial charge on any atom is 0.325 e. The van der Waals surface area contributed by atoms with E-state index in [2.05, 4.69) is 5.32 Å². The minimum absolute atomic E-state index is 0.272. The van der Waals surface area contributed by atoms with E-state index in [1.807, 2.05) is 58.0 Å². The van der Waals surface area contributed by atoms with Crippen LogP contribution < -0.4 is 5.32 Å². The molecular formula is C16H25NO3. The second-order valence-corrected chi connectivity index (χ2v) is 5.80. The van der Waals surface area contributed by atoms with Crippen LogP contribution in [0.2, 0.25) is 0 Å². The van der Waals surface area contributed by atoms with Crippen LogP contribution >= 0.6 is 0 Å². The number of rotatable bonds is 6. The zero-order chi connectivity index (χ0) is 15.2. The molecule has 1 rings (SSSR count). The molecule has 2 atom stereocenters. The van der Waals surface area contributed by atoms with Gasteiger partial charge in [-0.05, 0) is 33.3 Å². The van der Waals surface area contributed by atoms with Gasteiger partial charge in [-0.1, -0.05) is 30.3 Å². The molecule has 1 aromatic carbocycles. The number of nitrogens with one attached hydrogen (secondary N) is 1. The van der Waals surface area contributed by atoms with E-state index < -0.39 is 6.04 Å². The van der Waals surface area contributed by atoms with Crippen LogP contribution in [-0.2, 0) is 20.8 Å². The van der Waals surface area contributed by atoms with Crippen molar-refractivity contribution < 1.29 is 14.3 Å². The maximum absolute atomic E-state index is 11.9. The number of hydrogen-bond acceptors (Lipinski definition) is 4. The van der Waals surface area contributed by atoms with Crippen LogP contribution in [0, 0.1) is 0 Å². The molecule has 0 saturated heterocycles. The van der Waals surface area contributed by atoms with Crippen molar-refractivity contribution in [1.29, 1.82) is 0 Å². The van der Waals surface area contributed by atoms with E-state index >= 15 is 0 Å². The van der Waals surface area contributed by atoms with Gasteiger partial charge in [0.25, 0.3) is 0 Å². The number of carbonyl (C=O) groups excluding carboxylic acids is 1. The monoisotopic (exact) mass is 279 g/mol. The van der Waals surface area contributed by atoms with Crippen LogP contribution in [0.3, 0.4) is 0 Å². The van der Waals surface area contributed by atoms with Crippen LogP contribution in [0.1, 0.15) is 33.3 Å². The molecule has 0 aromatic heterocycles. The molecular weight excluding hydrogens is 254 g/mol. The highest BCUT2D eigenvalue weighted by atomic mass is 16.5. The number of esters is 1. The fourth-order valence-electron chi connectivity index (χ4n) is 2.02. The zero-order valence-corrected chi connectivity index (χ0v) is 13.0. The largest absolute Gasteiger partial charge is 0.468 e. The van der Waals surface area contributed by atoms with E-state index in [0.29, 0.717) is 6.54 Å². The number of methoxy groups -OCH3 is 1. The van der Waals surface area contributed by atoms with Gasteiger partial charge in [-0.2, -0.15) is 0 Å². The molecule has 1 N–H and O–H groups in total. The Balaban J connectivity index is 2.67. The quantitative estimate of drug-likeness (QED) is 0.813. The first-order valence-corrected chi connectivity index (χ1v) is 6.86. The molecule has 0 fully saturated rings. The first-order chi connectivity index (χ1) is 9.33. The third-order valence-electron chi connectivity index (χ3n) is 2.83. The summed E-state index contributed by atoms with van der Waals surface area (Å²) < 4.78 is 10.7. The minimum Gasteiger partial charge on any atom is -0.468 e. The first-order valence-electron chi connectivity index (χ1n) is 6.86. The number of hydrogen-bond donors (Lipinski definition) is 1. The van der Waals surface area contributed by atoms with Gasteiger partial charge < -0.3 is 9.47 Å². The molecule has 4 heteroatoms. The van der Waals surface area contributed by atoms with Gasteiger partial charge in [0.15, 0.2) is 0 Å². The minimum atomic E-state index is -0.487. The topological polar surface area (TPSA) is 47.6 Å². The van der Waals surface area contributed by atoms with Crippen LogP contribution in [-0.4, -0.2) is 30.8 Å². The fraction of sp³-hybridized carbons (Fsp3) is 0.562. The Morgan fingerprint density at radius 1 is 1.25 bits per heavy atom. The summed E-state index contributed by atoms with van der Waals surface area (Å²) in [5, 5.41) is 3.21. The highest BCUT2D eigenvalue weighted by Crippen LogP contribution is 2.14. The third kappa shape index (κ3) is 5.72. The van der Waals surface area contributed by atoms with E-state index in [1.54, 1.807) is 0 Å². The van der Waals surface area contributed by atoms with E-state index in [4.69, 9.17) is 9.47 Å². The van der Waals surface area contributed by atoms with E-state index in [1.165, 1.54) is 7.11 Å². The van der Waals surface area contributed by atoms with Crippen LogP contribution in [0.4, 0.5) is 0 Å². The normalized spacial score (nSPS) is 14.7. The summed E-state index contributed by atoms with van der Waals surface area (Å²) in [6.45, 7) is 8.38.